The van der Waals surface area contributed by atoms with Crippen LogP contribution in [0.4, 0.5) is 11.5 Å². The molecule has 0 unspecified atom stereocenters. The number of hydrogen-bond acceptors (Lipinski definition) is 5. The van der Waals surface area contributed by atoms with Crippen LogP contribution in [0.2, 0.25) is 0 Å². The predicted octanol–water partition coefficient (Wildman–Crippen LogP) is 1.81. The second kappa shape index (κ2) is 6.33. The zero-order chi connectivity index (χ0) is 13.7. The highest BCUT2D eigenvalue weighted by atomic mass is 16.3. The topological polar surface area (TPSA) is 75.3 Å². The molecule has 2 aromatic rings. The molecule has 1 heterocycles. The summed E-state index contributed by atoms with van der Waals surface area (Å²) in [5.74, 6) is 0.868. The molecule has 0 saturated carbocycles. The van der Waals surface area contributed by atoms with Gasteiger partial charge >= 0.3 is 0 Å². The number of nitrogen functional groups attached to an aromatic ring is 1. The van der Waals surface area contributed by atoms with Crippen LogP contribution in [0.15, 0.2) is 24.5 Å². The number of aromatic nitrogens is 2. The van der Waals surface area contributed by atoms with E-state index in [1.54, 1.807) is 6.33 Å². The van der Waals surface area contributed by atoms with Gasteiger partial charge in [-0.3, -0.25) is 0 Å². The van der Waals surface area contributed by atoms with Crippen molar-refractivity contribution in [2.24, 2.45) is 0 Å². The van der Waals surface area contributed by atoms with Crippen LogP contribution in [0.3, 0.4) is 0 Å². The van der Waals surface area contributed by atoms with E-state index in [0.717, 1.165) is 36.1 Å². The van der Waals surface area contributed by atoms with Crippen molar-refractivity contribution in [3.63, 3.8) is 0 Å². The average molecular weight is 260 g/mol. The summed E-state index contributed by atoms with van der Waals surface area (Å²) < 4.78 is 0. The first-order chi connectivity index (χ1) is 9.26. The first-order valence-corrected chi connectivity index (χ1v) is 6.62. The molecule has 2 rings (SSSR count). The lowest BCUT2D eigenvalue weighted by Crippen LogP contribution is -2.28. The van der Waals surface area contributed by atoms with Gasteiger partial charge in [-0.25, -0.2) is 9.97 Å². The number of nitrogens with two attached hydrogens (primary N) is 1. The Morgan fingerprint density at radius 1 is 1.26 bits per heavy atom. The van der Waals surface area contributed by atoms with Crippen molar-refractivity contribution >= 4 is 22.4 Å². The standard InChI is InChI=1S/C14H20N4O/c1-2-3-6-18(7-8-19)14-12-5-4-11(15)9-13(12)16-10-17-14/h4-5,9-10,19H,2-3,6-8,15H2,1H3. The van der Waals surface area contributed by atoms with Crippen molar-refractivity contribution < 1.29 is 5.11 Å². The predicted molar refractivity (Wildman–Crippen MR) is 78.2 cm³/mol. The molecule has 0 spiro atoms. The number of benzene rings is 1. The number of nitrogens with zero attached hydrogens (tertiary/aromatic N) is 3. The average Bonchev–Trinajstić information content (AvgIpc) is 2.42. The fraction of sp³-hybridized carbons (Fsp3) is 0.429. The van der Waals surface area contributed by atoms with Crippen LogP contribution in [-0.2, 0) is 0 Å². The van der Waals surface area contributed by atoms with Crippen molar-refractivity contribution in [1.29, 1.82) is 0 Å². The molecule has 0 radical (unpaired) electrons. The smallest absolute Gasteiger partial charge is 0.139 e. The van der Waals surface area contributed by atoms with E-state index >= 15 is 0 Å². The van der Waals surface area contributed by atoms with Crippen molar-refractivity contribution in [2.75, 3.05) is 30.3 Å². The molecule has 19 heavy (non-hydrogen) atoms. The number of rotatable bonds is 6. The summed E-state index contributed by atoms with van der Waals surface area (Å²) in [4.78, 5) is 10.7. The molecule has 5 nitrogen and oxygen atoms in total. The minimum atomic E-state index is 0.115. The molecule has 0 aliphatic rings. The Morgan fingerprint density at radius 2 is 2.11 bits per heavy atom. The number of hydrogen-bond donors (Lipinski definition) is 2. The maximum Gasteiger partial charge on any atom is 0.139 e. The summed E-state index contributed by atoms with van der Waals surface area (Å²) in [6, 6.07) is 5.64. The van der Waals surface area contributed by atoms with Crippen molar-refractivity contribution in [2.45, 2.75) is 19.8 Å². The van der Waals surface area contributed by atoms with Gasteiger partial charge in [-0.2, -0.15) is 0 Å². The van der Waals surface area contributed by atoms with E-state index in [-0.39, 0.29) is 6.61 Å². The Morgan fingerprint density at radius 3 is 2.84 bits per heavy atom. The quantitative estimate of drug-likeness (QED) is 0.775. The Bertz CT molecular complexity index is 544. The van der Waals surface area contributed by atoms with Gasteiger partial charge < -0.3 is 15.7 Å². The molecule has 3 N–H and O–H groups in total. The third-order valence-electron chi connectivity index (χ3n) is 3.09. The Kier molecular flexibility index (Phi) is 4.52. The van der Waals surface area contributed by atoms with Gasteiger partial charge in [-0.15, -0.1) is 0 Å². The van der Waals surface area contributed by atoms with Gasteiger partial charge in [-0.05, 0) is 24.6 Å². The number of unbranched alkanes of at least 4 members (excludes halogenated alkanes) is 1. The van der Waals surface area contributed by atoms with E-state index in [1.807, 2.05) is 18.2 Å². The summed E-state index contributed by atoms with van der Waals surface area (Å²) in [6.07, 6.45) is 3.73. The largest absolute Gasteiger partial charge is 0.399 e. The highest BCUT2D eigenvalue weighted by Gasteiger charge is 2.11. The van der Waals surface area contributed by atoms with Crippen LogP contribution in [-0.4, -0.2) is 34.8 Å². The van der Waals surface area contributed by atoms with E-state index in [9.17, 15) is 5.11 Å². The zero-order valence-electron chi connectivity index (χ0n) is 11.2. The lowest BCUT2D eigenvalue weighted by atomic mass is 10.2. The molecule has 5 heteroatoms. The van der Waals surface area contributed by atoms with Gasteiger partial charge in [0.1, 0.15) is 12.1 Å². The summed E-state index contributed by atoms with van der Waals surface area (Å²) in [7, 11) is 0. The molecule has 1 aromatic carbocycles. The van der Waals surface area contributed by atoms with Crippen LogP contribution in [0.1, 0.15) is 19.8 Å². The number of anilines is 2. The molecule has 0 atom stereocenters. The molecule has 0 aliphatic carbocycles. The highest BCUT2D eigenvalue weighted by Crippen LogP contribution is 2.24. The Balaban J connectivity index is 2.40. The van der Waals surface area contributed by atoms with Gasteiger partial charge in [0.05, 0.1) is 12.1 Å². The SMILES string of the molecule is CCCCN(CCO)c1ncnc2cc(N)ccc12. The first-order valence-electron chi connectivity index (χ1n) is 6.62. The zero-order valence-corrected chi connectivity index (χ0v) is 11.2. The monoisotopic (exact) mass is 260 g/mol. The Hall–Kier alpha value is -1.88. The molecule has 102 valence electrons. The summed E-state index contributed by atoms with van der Waals surface area (Å²) in [6.45, 7) is 3.73. The lowest BCUT2D eigenvalue weighted by Gasteiger charge is -2.23. The van der Waals surface area contributed by atoms with Crippen molar-refractivity contribution in [3.8, 4) is 0 Å². The number of aliphatic hydroxyl groups is 1. The number of fused-ring (bicyclic) bond motifs is 1. The van der Waals surface area contributed by atoms with Crippen LogP contribution in [0, 0.1) is 0 Å². The van der Waals surface area contributed by atoms with Gasteiger partial charge in [-0.1, -0.05) is 13.3 Å². The van der Waals surface area contributed by atoms with Crippen LogP contribution >= 0.6 is 0 Å². The minimum absolute atomic E-state index is 0.115. The van der Waals surface area contributed by atoms with Crippen LogP contribution < -0.4 is 10.6 Å². The second-order valence-electron chi connectivity index (χ2n) is 4.54. The molecule has 0 bridgehead atoms. The van der Waals surface area contributed by atoms with Crippen molar-refractivity contribution in [1.82, 2.24) is 9.97 Å². The maximum atomic E-state index is 9.21. The molecule has 0 fully saturated rings. The molecular weight excluding hydrogens is 240 g/mol. The van der Waals surface area contributed by atoms with E-state index in [0.29, 0.717) is 12.2 Å². The summed E-state index contributed by atoms with van der Waals surface area (Å²) in [5, 5.41) is 10.2. The highest BCUT2D eigenvalue weighted by molar-refractivity contribution is 5.91. The maximum absolute atomic E-state index is 9.21. The molecule has 0 amide bonds. The summed E-state index contributed by atoms with van der Waals surface area (Å²) >= 11 is 0. The fourth-order valence-electron chi connectivity index (χ4n) is 2.11. The first kappa shape index (κ1) is 13.5. The molecular formula is C14H20N4O. The van der Waals surface area contributed by atoms with Crippen molar-refractivity contribution in [3.05, 3.63) is 24.5 Å². The fourth-order valence-corrected chi connectivity index (χ4v) is 2.11. The summed E-state index contributed by atoms with van der Waals surface area (Å²) in [5.41, 5.74) is 7.31. The van der Waals surface area contributed by atoms with E-state index in [4.69, 9.17) is 5.73 Å². The molecule has 0 saturated heterocycles. The van der Waals surface area contributed by atoms with E-state index < -0.39 is 0 Å². The van der Waals surface area contributed by atoms with Crippen LogP contribution in [0.5, 0.6) is 0 Å². The second-order valence-corrected chi connectivity index (χ2v) is 4.54. The number of aliphatic hydroxyl groups excluding tert-OH is 1. The van der Waals surface area contributed by atoms with Gasteiger partial charge in [0, 0.05) is 24.2 Å². The minimum Gasteiger partial charge on any atom is -0.399 e. The third-order valence-corrected chi connectivity index (χ3v) is 3.09. The Labute approximate surface area is 113 Å². The van der Waals surface area contributed by atoms with Crippen LogP contribution in [0.25, 0.3) is 10.9 Å². The normalized spacial score (nSPS) is 10.8. The van der Waals surface area contributed by atoms with E-state index in [2.05, 4.69) is 21.8 Å². The third kappa shape index (κ3) is 3.12. The lowest BCUT2D eigenvalue weighted by molar-refractivity contribution is 0.301. The van der Waals surface area contributed by atoms with Gasteiger partial charge in [0.2, 0.25) is 0 Å². The molecule has 1 aromatic heterocycles. The van der Waals surface area contributed by atoms with E-state index in [1.165, 1.54) is 0 Å². The van der Waals surface area contributed by atoms with Gasteiger partial charge in [0.15, 0.2) is 0 Å². The molecule has 0 aliphatic heterocycles. The van der Waals surface area contributed by atoms with Gasteiger partial charge in [0.25, 0.3) is 0 Å².